The van der Waals surface area contributed by atoms with Crippen molar-refractivity contribution in [3.8, 4) is 5.75 Å². The van der Waals surface area contributed by atoms with Crippen LogP contribution in [-0.4, -0.2) is 16.1 Å². The molecule has 1 N–H and O–H groups in total. The van der Waals surface area contributed by atoms with Gasteiger partial charge in [-0.3, -0.25) is 0 Å². The smallest absolute Gasteiger partial charge is 0.147 e. The molecule has 2 rings (SSSR count). The number of halogens is 1. The zero-order valence-corrected chi connectivity index (χ0v) is 13.5. The second kappa shape index (κ2) is 7.48. The fourth-order valence-electron chi connectivity index (χ4n) is 1.96. The molecule has 1 aromatic heterocycles. The van der Waals surface area contributed by atoms with E-state index in [9.17, 15) is 0 Å². The summed E-state index contributed by atoms with van der Waals surface area (Å²) in [5.74, 6) is 2.30. The Morgan fingerprint density at radius 2 is 2.19 bits per heavy atom. The predicted octanol–water partition coefficient (Wildman–Crippen LogP) is 3.40. The van der Waals surface area contributed by atoms with Crippen LogP contribution in [-0.2, 0) is 20.2 Å². The van der Waals surface area contributed by atoms with E-state index < -0.39 is 0 Å². The number of nitrogens with one attached hydrogen (secondary N) is 1. The van der Waals surface area contributed by atoms with Crippen molar-refractivity contribution in [1.82, 2.24) is 14.9 Å². The average molecular weight is 308 g/mol. The summed E-state index contributed by atoms with van der Waals surface area (Å²) < 4.78 is 7.60. The minimum Gasteiger partial charge on any atom is -0.486 e. The third kappa shape index (κ3) is 4.76. The Balaban J connectivity index is 1.90. The van der Waals surface area contributed by atoms with Gasteiger partial charge in [-0.25, -0.2) is 4.98 Å². The van der Waals surface area contributed by atoms with Gasteiger partial charge >= 0.3 is 0 Å². The zero-order chi connectivity index (χ0) is 15.2. The number of hydrogen-bond acceptors (Lipinski definition) is 3. The van der Waals surface area contributed by atoms with E-state index >= 15 is 0 Å². The van der Waals surface area contributed by atoms with E-state index in [0.29, 0.717) is 17.7 Å². The van der Waals surface area contributed by atoms with Crippen molar-refractivity contribution in [3.05, 3.63) is 47.0 Å². The molecule has 21 heavy (non-hydrogen) atoms. The molecule has 114 valence electrons. The normalized spacial score (nSPS) is 11.1. The first-order chi connectivity index (χ1) is 10.1. The van der Waals surface area contributed by atoms with Crippen LogP contribution in [0.25, 0.3) is 0 Å². The van der Waals surface area contributed by atoms with Crippen LogP contribution in [0.15, 0.2) is 30.5 Å². The van der Waals surface area contributed by atoms with Crippen LogP contribution in [0.2, 0.25) is 5.15 Å². The summed E-state index contributed by atoms with van der Waals surface area (Å²) in [6.45, 7) is 6.67. The summed E-state index contributed by atoms with van der Waals surface area (Å²) in [5.41, 5.74) is 1.21. The second-order valence-electron chi connectivity index (χ2n) is 5.52. The maximum atomic E-state index is 5.96. The molecule has 1 heterocycles. The van der Waals surface area contributed by atoms with Crippen molar-refractivity contribution < 1.29 is 4.74 Å². The molecule has 4 nitrogen and oxygen atoms in total. The Hall–Kier alpha value is -1.52. The van der Waals surface area contributed by atoms with E-state index in [2.05, 4.69) is 36.3 Å². The summed E-state index contributed by atoms with van der Waals surface area (Å²) in [4.78, 5) is 4.22. The monoisotopic (exact) mass is 307 g/mol. The Labute approximate surface area is 131 Å². The highest BCUT2D eigenvalue weighted by atomic mass is 35.5. The molecule has 1 aromatic carbocycles. The summed E-state index contributed by atoms with van der Waals surface area (Å²) in [5, 5.41) is 4.04. The minimum absolute atomic E-state index is 0.409. The molecule has 0 amide bonds. The van der Waals surface area contributed by atoms with Gasteiger partial charge in [-0.1, -0.05) is 37.6 Å². The van der Waals surface area contributed by atoms with Gasteiger partial charge in [-0.05, 0) is 30.2 Å². The van der Waals surface area contributed by atoms with Crippen molar-refractivity contribution in [2.45, 2.75) is 27.0 Å². The van der Waals surface area contributed by atoms with Crippen LogP contribution >= 0.6 is 11.6 Å². The topological polar surface area (TPSA) is 39.1 Å². The first-order valence-electron chi connectivity index (χ1n) is 7.15. The van der Waals surface area contributed by atoms with Gasteiger partial charge in [0.1, 0.15) is 23.3 Å². The molecule has 0 unspecified atom stereocenters. The minimum atomic E-state index is 0.409. The van der Waals surface area contributed by atoms with Gasteiger partial charge in [0.25, 0.3) is 0 Å². The van der Waals surface area contributed by atoms with Crippen LogP contribution in [0.1, 0.15) is 25.2 Å². The van der Waals surface area contributed by atoms with Gasteiger partial charge in [0, 0.05) is 13.6 Å². The lowest BCUT2D eigenvalue weighted by Crippen LogP contribution is -2.18. The molecule has 0 radical (unpaired) electrons. The van der Waals surface area contributed by atoms with Crippen molar-refractivity contribution >= 4 is 11.6 Å². The van der Waals surface area contributed by atoms with Crippen molar-refractivity contribution in [3.63, 3.8) is 0 Å². The van der Waals surface area contributed by atoms with Crippen LogP contribution in [0, 0.1) is 5.92 Å². The van der Waals surface area contributed by atoms with E-state index in [0.717, 1.165) is 24.7 Å². The molecule has 0 saturated heterocycles. The number of aromatic nitrogens is 2. The van der Waals surface area contributed by atoms with Gasteiger partial charge in [0.2, 0.25) is 0 Å². The van der Waals surface area contributed by atoms with E-state index in [1.807, 2.05) is 23.7 Å². The molecule has 0 aliphatic rings. The lowest BCUT2D eigenvalue weighted by atomic mass is 10.2. The van der Waals surface area contributed by atoms with Gasteiger partial charge in [0.15, 0.2) is 0 Å². The molecular weight excluding hydrogens is 286 g/mol. The summed E-state index contributed by atoms with van der Waals surface area (Å²) >= 11 is 5.96. The lowest BCUT2D eigenvalue weighted by molar-refractivity contribution is 0.291. The average Bonchev–Trinajstić information content (AvgIpc) is 2.77. The third-order valence-corrected chi connectivity index (χ3v) is 3.53. The summed E-state index contributed by atoms with van der Waals surface area (Å²) in [6, 6.07) is 8.11. The summed E-state index contributed by atoms with van der Waals surface area (Å²) in [6.07, 6.45) is 1.63. The largest absolute Gasteiger partial charge is 0.486 e. The van der Waals surface area contributed by atoms with Gasteiger partial charge in [-0.15, -0.1) is 0 Å². The maximum Gasteiger partial charge on any atom is 0.147 e. The van der Waals surface area contributed by atoms with Crippen LogP contribution in [0.5, 0.6) is 5.75 Å². The third-order valence-electron chi connectivity index (χ3n) is 3.18. The quantitative estimate of drug-likeness (QED) is 0.852. The molecular formula is C16H22ClN3O. The second-order valence-corrected chi connectivity index (χ2v) is 5.90. The highest BCUT2D eigenvalue weighted by molar-refractivity contribution is 6.29. The Morgan fingerprint density at radius 3 is 2.86 bits per heavy atom. The molecule has 5 heteroatoms. The number of ether oxygens (including phenoxy) is 1. The zero-order valence-electron chi connectivity index (χ0n) is 12.8. The van der Waals surface area contributed by atoms with Crippen molar-refractivity contribution in [1.29, 1.82) is 0 Å². The SMILES string of the molecule is CC(C)CNCc1cccc(OCc2ncc(Cl)n2C)c1. The standard InChI is InChI=1S/C16H22ClN3O/c1-12(2)8-18-9-13-5-4-6-14(7-13)21-11-16-19-10-15(17)20(16)3/h4-7,10,12,18H,8-9,11H2,1-3H3. The molecule has 0 bridgehead atoms. The predicted molar refractivity (Wildman–Crippen MR) is 85.5 cm³/mol. The van der Waals surface area contributed by atoms with Crippen molar-refractivity contribution in [2.75, 3.05) is 6.54 Å². The highest BCUT2D eigenvalue weighted by Crippen LogP contribution is 2.16. The number of nitrogens with zero attached hydrogens (tertiary/aromatic N) is 2. The first-order valence-corrected chi connectivity index (χ1v) is 7.52. The fourth-order valence-corrected chi connectivity index (χ4v) is 2.10. The molecule has 0 aliphatic carbocycles. The molecule has 0 atom stereocenters. The molecule has 0 aliphatic heterocycles. The number of benzene rings is 1. The van der Waals surface area contributed by atoms with E-state index in [1.54, 1.807) is 6.20 Å². The molecule has 0 fully saturated rings. The lowest BCUT2D eigenvalue weighted by Gasteiger charge is -2.10. The maximum absolute atomic E-state index is 5.96. The fraction of sp³-hybridized carbons (Fsp3) is 0.438. The first kappa shape index (κ1) is 15.9. The van der Waals surface area contributed by atoms with Crippen molar-refractivity contribution in [2.24, 2.45) is 13.0 Å². The molecule has 2 aromatic rings. The number of imidazole rings is 1. The molecule has 0 spiro atoms. The van der Waals surface area contributed by atoms with Crippen LogP contribution in [0.3, 0.4) is 0 Å². The number of rotatable bonds is 7. The summed E-state index contributed by atoms with van der Waals surface area (Å²) in [7, 11) is 1.88. The Kier molecular flexibility index (Phi) is 5.65. The van der Waals surface area contributed by atoms with E-state index in [-0.39, 0.29) is 0 Å². The van der Waals surface area contributed by atoms with E-state index in [1.165, 1.54) is 5.56 Å². The Bertz CT molecular complexity index is 581. The van der Waals surface area contributed by atoms with E-state index in [4.69, 9.17) is 16.3 Å². The molecule has 0 saturated carbocycles. The van der Waals surface area contributed by atoms with Crippen LogP contribution < -0.4 is 10.1 Å². The van der Waals surface area contributed by atoms with Crippen LogP contribution in [0.4, 0.5) is 0 Å². The van der Waals surface area contributed by atoms with Gasteiger partial charge in [-0.2, -0.15) is 0 Å². The number of hydrogen-bond donors (Lipinski definition) is 1. The highest BCUT2D eigenvalue weighted by Gasteiger charge is 2.05. The van der Waals surface area contributed by atoms with Gasteiger partial charge in [0.05, 0.1) is 6.20 Å². The van der Waals surface area contributed by atoms with Gasteiger partial charge < -0.3 is 14.6 Å². The Morgan fingerprint density at radius 1 is 1.38 bits per heavy atom.